The van der Waals surface area contributed by atoms with Crippen LogP contribution >= 0.6 is 24.8 Å². The standard InChI is InChI=1S/C19H24N4O.2ClH/c20-18-14-6-5-13(9-14)17(18)19(24)22-10-15-3-1-2-4-16(15)11-23-8-7-21-12-23;;/h1-4,7-8,12-14,17-18H,5-6,9-11,20H2,(H,22,24);2*1H. The number of benzene rings is 1. The molecule has 2 fully saturated rings. The van der Waals surface area contributed by atoms with Crippen molar-refractivity contribution in [2.45, 2.75) is 38.4 Å². The van der Waals surface area contributed by atoms with Crippen LogP contribution in [-0.2, 0) is 17.9 Å². The Bertz CT molecular complexity index is 720. The van der Waals surface area contributed by atoms with Gasteiger partial charge in [0.15, 0.2) is 0 Å². The molecule has 0 saturated heterocycles. The third kappa shape index (κ3) is 4.05. The van der Waals surface area contributed by atoms with Gasteiger partial charge in [-0.3, -0.25) is 4.79 Å². The third-order valence-corrected chi connectivity index (χ3v) is 5.77. The summed E-state index contributed by atoms with van der Waals surface area (Å²) in [7, 11) is 0. The molecule has 5 nitrogen and oxygen atoms in total. The number of imidazole rings is 1. The zero-order valence-electron chi connectivity index (χ0n) is 14.6. The van der Waals surface area contributed by atoms with Gasteiger partial charge >= 0.3 is 0 Å². The highest BCUT2D eigenvalue weighted by molar-refractivity contribution is 5.85. The van der Waals surface area contributed by atoms with Crippen molar-refractivity contribution in [3.63, 3.8) is 0 Å². The molecule has 4 atom stereocenters. The monoisotopic (exact) mass is 396 g/mol. The maximum absolute atomic E-state index is 12.6. The van der Waals surface area contributed by atoms with Crippen molar-refractivity contribution in [1.82, 2.24) is 14.9 Å². The summed E-state index contributed by atoms with van der Waals surface area (Å²) in [6.45, 7) is 1.32. The first-order valence-electron chi connectivity index (χ1n) is 8.78. The molecular weight excluding hydrogens is 371 g/mol. The minimum Gasteiger partial charge on any atom is -0.352 e. The summed E-state index contributed by atoms with van der Waals surface area (Å²) < 4.78 is 2.03. The number of carbonyl (C=O) groups is 1. The summed E-state index contributed by atoms with van der Waals surface area (Å²) in [6, 6.07) is 8.27. The van der Waals surface area contributed by atoms with Crippen LogP contribution in [0, 0.1) is 17.8 Å². The predicted molar refractivity (Wildman–Crippen MR) is 106 cm³/mol. The van der Waals surface area contributed by atoms with Crippen molar-refractivity contribution in [3.05, 3.63) is 54.1 Å². The number of aromatic nitrogens is 2. The Hall–Kier alpha value is -1.56. The Morgan fingerprint density at radius 3 is 2.58 bits per heavy atom. The Morgan fingerprint density at radius 2 is 1.92 bits per heavy atom. The first-order valence-corrected chi connectivity index (χ1v) is 8.78. The molecule has 142 valence electrons. The van der Waals surface area contributed by atoms with Crippen LogP contribution in [0.5, 0.6) is 0 Å². The Balaban J connectivity index is 0.00000121. The van der Waals surface area contributed by atoms with Crippen LogP contribution in [0.1, 0.15) is 30.4 Å². The van der Waals surface area contributed by atoms with Gasteiger partial charge < -0.3 is 15.6 Å². The van der Waals surface area contributed by atoms with Gasteiger partial charge in [-0.1, -0.05) is 24.3 Å². The van der Waals surface area contributed by atoms with E-state index in [1.54, 1.807) is 6.20 Å². The van der Waals surface area contributed by atoms with E-state index in [-0.39, 0.29) is 42.7 Å². The summed E-state index contributed by atoms with van der Waals surface area (Å²) >= 11 is 0. The number of hydrogen-bond donors (Lipinski definition) is 2. The molecule has 3 N–H and O–H groups in total. The lowest BCUT2D eigenvalue weighted by Crippen LogP contribution is -2.45. The van der Waals surface area contributed by atoms with Crippen LogP contribution in [0.15, 0.2) is 43.0 Å². The van der Waals surface area contributed by atoms with Crippen molar-refractivity contribution in [1.29, 1.82) is 0 Å². The number of halogens is 2. The van der Waals surface area contributed by atoms with Crippen LogP contribution in [0.25, 0.3) is 0 Å². The molecule has 2 bridgehead atoms. The molecule has 2 aliphatic carbocycles. The topological polar surface area (TPSA) is 72.9 Å². The molecule has 4 unspecified atom stereocenters. The predicted octanol–water partition coefficient (Wildman–Crippen LogP) is 2.76. The fraction of sp³-hybridized carbons (Fsp3) is 0.474. The van der Waals surface area contributed by atoms with Gasteiger partial charge in [-0.25, -0.2) is 4.98 Å². The van der Waals surface area contributed by atoms with Crippen molar-refractivity contribution in [2.75, 3.05) is 0 Å². The van der Waals surface area contributed by atoms with E-state index >= 15 is 0 Å². The second-order valence-corrected chi connectivity index (χ2v) is 7.16. The number of nitrogens with zero attached hydrogens (tertiary/aromatic N) is 2. The summed E-state index contributed by atoms with van der Waals surface area (Å²) in [5.74, 6) is 1.18. The molecule has 0 radical (unpaired) electrons. The molecule has 7 heteroatoms. The quantitative estimate of drug-likeness (QED) is 0.815. The lowest BCUT2D eigenvalue weighted by molar-refractivity contribution is -0.127. The van der Waals surface area contributed by atoms with E-state index in [0.717, 1.165) is 24.9 Å². The average molecular weight is 397 g/mol. The van der Waals surface area contributed by atoms with E-state index in [0.29, 0.717) is 18.4 Å². The largest absolute Gasteiger partial charge is 0.352 e. The lowest BCUT2D eigenvalue weighted by atomic mass is 9.84. The fourth-order valence-electron chi connectivity index (χ4n) is 4.49. The number of amides is 1. The third-order valence-electron chi connectivity index (χ3n) is 5.77. The average Bonchev–Trinajstić information content (AvgIpc) is 3.31. The van der Waals surface area contributed by atoms with Crippen molar-refractivity contribution >= 4 is 30.7 Å². The number of nitrogens with one attached hydrogen (secondary N) is 1. The number of hydrogen-bond acceptors (Lipinski definition) is 3. The second-order valence-electron chi connectivity index (χ2n) is 7.16. The molecule has 2 saturated carbocycles. The van der Waals surface area contributed by atoms with Gasteiger partial charge in [0.2, 0.25) is 5.91 Å². The molecule has 1 aromatic heterocycles. The SMILES string of the molecule is Cl.Cl.NC1C2CCC(C2)C1C(=O)NCc1ccccc1Cn1ccnc1. The summed E-state index contributed by atoms with van der Waals surface area (Å²) in [5.41, 5.74) is 8.63. The van der Waals surface area contributed by atoms with Crippen LogP contribution in [0.3, 0.4) is 0 Å². The fourth-order valence-corrected chi connectivity index (χ4v) is 4.49. The van der Waals surface area contributed by atoms with Crippen molar-refractivity contribution < 1.29 is 4.79 Å². The zero-order valence-corrected chi connectivity index (χ0v) is 16.2. The molecule has 1 aromatic carbocycles. The van der Waals surface area contributed by atoms with Crippen LogP contribution in [0.4, 0.5) is 0 Å². The van der Waals surface area contributed by atoms with Gasteiger partial charge in [0, 0.05) is 31.5 Å². The van der Waals surface area contributed by atoms with E-state index in [1.807, 2.05) is 29.2 Å². The maximum Gasteiger partial charge on any atom is 0.225 e. The number of nitrogens with two attached hydrogens (primary N) is 1. The minimum atomic E-state index is 0. The maximum atomic E-state index is 12.6. The molecule has 0 spiro atoms. The zero-order chi connectivity index (χ0) is 16.5. The highest BCUT2D eigenvalue weighted by Crippen LogP contribution is 2.47. The van der Waals surface area contributed by atoms with Gasteiger partial charge in [-0.2, -0.15) is 0 Å². The molecule has 0 aliphatic heterocycles. The second kappa shape index (κ2) is 8.89. The molecule has 4 rings (SSSR count). The number of rotatable bonds is 5. The van der Waals surface area contributed by atoms with E-state index in [4.69, 9.17) is 5.73 Å². The van der Waals surface area contributed by atoms with Crippen molar-refractivity contribution in [2.24, 2.45) is 23.5 Å². The molecule has 1 heterocycles. The highest BCUT2D eigenvalue weighted by atomic mass is 35.5. The van der Waals surface area contributed by atoms with Crippen LogP contribution < -0.4 is 11.1 Å². The molecule has 26 heavy (non-hydrogen) atoms. The smallest absolute Gasteiger partial charge is 0.225 e. The van der Waals surface area contributed by atoms with Gasteiger partial charge in [0.25, 0.3) is 0 Å². The van der Waals surface area contributed by atoms with Gasteiger partial charge in [0.05, 0.1) is 12.2 Å². The molecule has 1 amide bonds. The van der Waals surface area contributed by atoms with Crippen LogP contribution in [0.2, 0.25) is 0 Å². The Labute approximate surface area is 166 Å². The highest BCUT2D eigenvalue weighted by Gasteiger charge is 2.48. The van der Waals surface area contributed by atoms with Gasteiger partial charge in [-0.05, 0) is 42.2 Å². The molecular formula is C19H26Cl2N4O. The van der Waals surface area contributed by atoms with Crippen LogP contribution in [-0.4, -0.2) is 21.5 Å². The Kier molecular flexibility index (Phi) is 7.09. The number of fused-ring (bicyclic) bond motifs is 2. The lowest BCUT2D eigenvalue weighted by Gasteiger charge is -2.27. The summed E-state index contributed by atoms with van der Waals surface area (Å²) in [5, 5.41) is 3.13. The minimum absolute atomic E-state index is 0. The van der Waals surface area contributed by atoms with Crippen molar-refractivity contribution in [3.8, 4) is 0 Å². The summed E-state index contributed by atoms with van der Waals surface area (Å²) in [4.78, 5) is 16.7. The van der Waals surface area contributed by atoms with E-state index < -0.39 is 0 Å². The van der Waals surface area contributed by atoms with E-state index in [9.17, 15) is 4.79 Å². The van der Waals surface area contributed by atoms with Gasteiger partial charge in [-0.15, -0.1) is 24.8 Å². The molecule has 2 aromatic rings. The Morgan fingerprint density at radius 1 is 1.19 bits per heavy atom. The molecule has 2 aliphatic rings. The first-order chi connectivity index (χ1) is 11.7. The van der Waals surface area contributed by atoms with E-state index in [2.05, 4.69) is 22.4 Å². The van der Waals surface area contributed by atoms with E-state index in [1.165, 1.54) is 12.0 Å². The normalized spacial score (nSPS) is 26.0. The first kappa shape index (κ1) is 20.7. The van der Waals surface area contributed by atoms with Gasteiger partial charge in [0.1, 0.15) is 0 Å². The number of carbonyl (C=O) groups excluding carboxylic acids is 1. The summed E-state index contributed by atoms with van der Waals surface area (Å²) in [6.07, 6.45) is 9.03.